The largest absolute Gasteiger partial charge is 0.496 e. The minimum absolute atomic E-state index is 0.239. The third kappa shape index (κ3) is 4.65. The van der Waals surface area contributed by atoms with E-state index < -0.39 is 0 Å². The monoisotopic (exact) mass is 376 g/mol. The molecule has 0 fully saturated rings. The molecule has 1 N–H and O–H groups in total. The number of hydrogen-bond donors (Lipinski definition) is 1. The van der Waals surface area contributed by atoms with Gasteiger partial charge in [0.25, 0.3) is 5.91 Å². The van der Waals surface area contributed by atoms with Gasteiger partial charge in [0.15, 0.2) is 5.82 Å². The molecule has 0 spiro atoms. The summed E-state index contributed by atoms with van der Waals surface area (Å²) < 4.78 is 5.33. The fourth-order valence-electron chi connectivity index (χ4n) is 2.97. The van der Waals surface area contributed by atoms with Crippen molar-refractivity contribution >= 4 is 17.4 Å². The molecule has 0 aliphatic heterocycles. The molecule has 0 bridgehead atoms. The van der Waals surface area contributed by atoms with E-state index in [1.165, 1.54) is 6.20 Å². The molecule has 28 heavy (non-hydrogen) atoms. The summed E-state index contributed by atoms with van der Waals surface area (Å²) in [5.74, 6) is 1.29. The van der Waals surface area contributed by atoms with Gasteiger partial charge in [0.2, 0.25) is 0 Å². The summed E-state index contributed by atoms with van der Waals surface area (Å²) in [5, 5.41) is 2.88. The normalized spacial score (nSPS) is 10.4. The molecule has 3 aromatic rings. The number of aromatic nitrogens is 2. The van der Waals surface area contributed by atoms with Gasteiger partial charge < -0.3 is 15.0 Å². The third-order valence-corrected chi connectivity index (χ3v) is 4.40. The van der Waals surface area contributed by atoms with E-state index in [1.807, 2.05) is 66.4 Å². The predicted molar refractivity (Wildman–Crippen MR) is 110 cm³/mol. The number of carbonyl (C=O) groups excluding carboxylic acids is 1. The first-order valence-electron chi connectivity index (χ1n) is 9.27. The molecule has 0 saturated carbocycles. The number of amides is 1. The number of hydrogen-bond acceptors (Lipinski definition) is 5. The van der Waals surface area contributed by atoms with Gasteiger partial charge in [0, 0.05) is 18.8 Å². The van der Waals surface area contributed by atoms with Crippen molar-refractivity contribution in [1.82, 2.24) is 15.3 Å². The van der Waals surface area contributed by atoms with Crippen LogP contribution in [0.5, 0.6) is 5.75 Å². The first-order chi connectivity index (χ1) is 13.7. The van der Waals surface area contributed by atoms with E-state index in [9.17, 15) is 4.79 Å². The highest BCUT2D eigenvalue weighted by atomic mass is 16.5. The molecule has 0 saturated heterocycles. The van der Waals surface area contributed by atoms with Crippen LogP contribution in [0.3, 0.4) is 0 Å². The van der Waals surface area contributed by atoms with Crippen molar-refractivity contribution in [2.24, 2.45) is 0 Å². The summed E-state index contributed by atoms with van der Waals surface area (Å²) in [7, 11) is 1.64. The van der Waals surface area contributed by atoms with Gasteiger partial charge in [-0.25, -0.2) is 9.97 Å². The van der Waals surface area contributed by atoms with Gasteiger partial charge >= 0.3 is 0 Å². The number of rotatable bonds is 8. The van der Waals surface area contributed by atoms with Crippen molar-refractivity contribution in [3.8, 4) is 5.75 Å². The number of carbonyl (C=O) groups is 1. The van der Waals surface area contributed by atoms with Gasteiger partial charge in [-0.2, -0.15) is 0 Å². The fourth-order valence-corrected chi connectivity index (χ4v) is 2.97. The van der Waals surface area contributed by atoms with Gasteiger partial charge in [0.1, 0.15) is 11.4 Å². The second-order valence-corrected chi connectivity index (χ2v) is 6.16. The van der Waals surface area contributed by atoms with E-state index in [1.54, 1.807) is 13.3 Å². The van der Waals surface area contributed by atoms with Crippen molar-refractivity contribution < 1.29 is 9.53 Å². The maximum atomic E-state index is 12.4. The van der Waals surface area contributed by atoms with Crippen LogP contribution in [0, 0.1) is 0 Å². The van der Waals surface area contributed by atoms with Crippen molar-refractivity contribution in [3.63, 3.8) is 0 Å². The number of benzene rings is 2. The van der Waals surface area contributed by atoms with E-state index in [2.05, 4.69) is 15.3 Å². The Morgan fingerprint density at radius 3 is 2.46 bits per heavy atom. The Balaban J connectivity index is 1.60. The SMILES string of the molecule is CCN(c1ccccc1)c1cnc(C(=O)NCCc2ccccc2OC)cn1. The van der Waals surface area contributed by atoms with Crippen molar-refractivity contribution in [2.75, 3.05) is 25.1 Å². The Hall–Kier alpha value is -3.41. The lowest BCUT2D eigenvalue weighted by Crippen LogP contribution is -2.27. The number of ether oxygens (including phenoxy) is 1. The van der Waals surface area contributed by atoms with E-state index >= 15 is 0 Å². The zero-order valence-corrected chi connectivity index (χ0v) is 16.1. The Labute approximate surface area is 165 Å². The van der Waals surface area contributed by atoms with Gasteiger partial charge in [-0.1, -0.05) is 36.4 Å². The maximum absolute atomic E-state index is 12.4. The molecule has 2 aromatic carbocycles. The zero-order chi connectivity index (χ0) is 19.8. The van der Waals surface area contributed by atoms with Crippen LogP contribution < -0.4 is 15.0 Å². The summed E-state index contributed by atoms with van der Waals surface area (Å²) >= 11 is 0. The molecule has 3 rings (SSSR count). The Bertz CT molecular complexity index is 898. The van der Waals surface area contributed by atoms with Crippen LogP contribution >= 0.6 is 0 Å². The molecule has 1 heterocycles. The molecular weight excluding hydrogens is 352 g/mol. The second-order valence-electron chi connectivity index (χ2n) is 6.16. The van der Waals surface area contributed by atoms with Gasteiger partial charge in [-0.15, -0.1) is 0 Å². The number of anilines is 2. The third-order valence-electron chi connectivity index (χ3n) is 4.40. The minimum Gasteiger partial charge on any atom is -0.496 e. The summed E-state index contributed by atoms with van der Waals surface area (Å²) in [6.45, 7) is 3.30. The molecular formula is C22H24N4O2. The van der Waals surface area contributed by atoms with Crippen molar-refractivity contribution in [3.05, 3.63) is 78.2 Å². The summed E-state index contributed by atoms with van der Waals surface area (Å²) in [4.78, 5) is 23.1. The lowest BCUT2D eigenvalue weighted by Gasteiger charge is -2.21. The fraction of sp³-hybridized carbons (Fsp3) is 0.227. The van der Waals surface area contributed by atoms with Crippen LogP contribution in [-0.2, 0) is 6.42 Å². The zero-order valence-electron chi connectivity index (χ0n) is 16.1. The number of nitrogens with zero attached hydrogens (tertiary/aromatic N) is 3. The first kappa shape index (κ1) is 19.4. The Morgan fingerprint density at radius 2 is 1.79 bits per heavy atom. The highest BCUT2D eigenvalue weighted by Crippen LogP contribution is 2.22. The number of para-hydroxylation sites is 2. The molecule has 0 atom stereocenters. The second kappa shape index (κ2) is 9.50. The minimum atomic E-state index is -0.239. The topological polar surface area (TPSA) is 67.4 Å². The van der Waals surface area contributed by atoms with Gasteiger partial charge in [-0.3, -0.25) is 4.79 Å². The molecule has 6 nitrogen and oxygen atoms in total. The van der Waals surface area contributed by atoms with E-state index in [-0.39, 0.29) is 5.91 Å². The van der Waals surface area contributed by atoms with Crippen molar-refractivity contribution in [1.29, 1.82) is 0 Å². The average molecular weight is 376 g/mol. The molecule has 0 unspecified atom stereocenters. The van der Waals surface area contributed by atoms with Crippen LogP contribution in [0.15, 0.2) is 67.0 Å². The summed E-state index contributed by atoms with van der Waals surface area (Å²) in [6.07, 6.45) is 3.82. The lowest BCUT2D eigenvalue weighted by atomic mass is 10.1. The van der Waals surface area contributed by atoms with E-state index in [4.69, 9.17) is 4.74 Å². The average Bonchev–Trinajstić information content (AvgIpc) is 2.76. The summed E-state index contributed by atoms with van der Waals surface area (Å²) in [5.41, 5.74) is 2.38. The standard InChI is InChI=1S/C22H24N4O2/c1-3-26(18-10-5-4-6-11-18)21-16-24-19(15-25-21)22(27)23-14-13-17-9-7-8-12-20(17)28-2/h4-12,15-16H,3,13-14H2,1-2H3,(H,23,27). The lowest BCUT2D eigenvalue weighted by molar-refractivity contribution is 0.0948. The quantitative estimate of drug-likeness (QED) is 0.650. The van der Waals surface area contributed by atoms with Gasteiger partial charge in [0.05, 0.1) is 19.5 Å². The van der Waals surface area contributed by atoms with E-state index in [0.29, 0.717) is 24.5 Å². The smallest absolute Gasteiger partial charge is 0.271 e. The van der Waals surface area contributed by atoms with Crippen LogP contribution in [0.2, 0.25) is 0 Å². The molecule has 1 amide bonds. The Morgan fingerprint density at radius 1 is 1.04 bits per heavy atom. The summed E-state index contributed by atoms with van der Waals surface area (Å²) in [6, 6.07) is 17.7. The van der Waals surface area contributed by atoms with E-state index in [0.717, 1.165) is 23.5 Å². The molecule has 6 heteroatoms. The molecule has 0 aliphatic rings. The van der Waals surface area contributed by atoms with Crippen LogP contribution in [0.1, 0.15) is 23.0 Å². The molecule has 1 aromatic heterocycles. The highest BCUT2D eigenvalue weighted by Gasteiger charge is 2.12. The van der Waals surface area contributed by atoms with Gasteiger partial charge in [-0.05, 0) is 37.1 Å². The first-order valence-corrected chi connectivity index (χ1v) is 9.27. The Kier molecular flexibility index (Phi) is 6.57. The number of nitrogens with one attached hydrogen (secondary N) is 1. The van der Waals surface area contributed by atoms with Crippen LogP contribution in [0.4, 0.5) is 11.5 Å². The predicted octanol–water partition coefficient (Wildman–Crippen LogP) is 3.62. The highest BCUT2D eigenvalue weighted by molar-refractivity contribution is 5.92. The molecule has 0 radical (unpaired) electrons. The maximum Gasteiger partial charge on any atom is 0.271 e. The van der Waals surface area contributed by atoms with Crippen molar-refractivity contribution in [2.45, 2.75) is 13.3 Å². The van der Waals surface area contributed by atoms with Crippen LogP contribution in [-0.4, -0.2) is 36.1 Å². The number of methoxy groups -OCH3 is 1. The molecule has 0 aliphatic carbocycles. The molecule has 144 valence electrons. The van der Waals surface area contributed by atoms with Crippen LogP contribution in [0.25, 0.3) is 0 Å².